The van der Waals surface area contributed by atoms with E-state index in [-0.39, 0.29) is 5.91 Å². The van der Waals surface area contributed by atoms with Gasteiger partial charge >= 0.3 is 0 Å². The van der Waals surface area contributed by atoms with Crippen LogP contribution in [0.25, 0.3) is 0 Å². The van der Waals surface area contributed by atoms with Crippen LogP contribution in [0.1, 0.15) is 13.3 Å². The quantitative estimate of drug-likeness (QED) is 0.909. The molecule has 1 amide bonds. The summed E-state index contributed by atoms with van der Waals surface area (Å²) in [6.07, 6.45) is -0.326. The summed E-state index contributed by atoms with van der Waals surface area (Å²) < 4.78 is 5.55. The molecule has 0 aliphatic carbocycles. The second-order valence-electron chi connectivity index (χ2n) is 4.44. The van der Waals surface area contributed by atoms with Crippen LogP contribution in [-0.4, -0.2) is 41.2 Å². The highest BCUT2D eigenvalue weighted by Gasteiger charge is 2.28. The Morgan fingerprint density at radius 3 is 2.72 bits per heavy atom. The van der Waals surface area contributed by atoms with Crippen molar-refractivity contribution in [3.05, 3.63) is 29.3 Å². The maximum Gasteiger partial charge on any atom is 0.263 e. The fourth-order valence-corrected chi connectivity index (χ4v) is 2.09. The maximum atomic E-state index is 12.0. The van der Waals surface area contributed by atoms with Crippen LogP contribution in [0.5, 0.6) is 5.75 Å². The van der Waals surface area contributed by atoms with Crippen molar-refractivity contribution >= 4 is 17.5 Å². The number of β-amino-alcohol motifs (C(OH)–C–C–N with tert-alkyl or cyclic N) is 1. The average Bonchev–Trinajstić information content (AvgIpc) is 2.78. The molecule has 1 unspecified atom stereocenters. The van der Waals surface area contributed by atoms with Crippen LogP contribution < -0.4 is 4.74 Å². The second kappa shape index (κ2) is 5.59. The summed E-state index contributed by atoms with van der Waals surface area (Å²) in [5, 5.41) is 10.0. The summed E-state index contributed by atoms with van der Waals surface area (Å²) in [6.45, 7) is 2.70. The summed E-state index contributed by atoms with van der Waals surface area (Å²) in [6, 6.07) is 6.89. The van der Waals surface area contributed by atoms with Gasteiger partial charge in [0.2, 0.25) is 0 Å². The van der Waals surface area contributed by atoms with E-state index in [9.17, 15) is 9.90 Å². The third-order valence-electron chi connectivity index (χ3n) is 2.95. The van der Waals surface area contributed by atoms with Gasteiger partial charge in [0, 0.05) is 18.1 Å². The summed E-state index contributed by atoms with van der Waals surface area (Å²) in [4.78, 5) is 13.7. The molecule has 2 rings (SSSR count). The van der Waals surface area contributed by atoms with E-state index >= 15 is 0 Å². The van der Waals surface area contributed by atoms with E-state index in [0.717, 1.165) is 0 Å². The van der Waals surface area contributed by atoms with E-state index in [2.05, 4.69) is 0 Å². The molecule has 2 atom stereocenters. The van der Waals surface area contributed by atoms with Crippen LogP contribution in [0.2, 0.25) is 5.02 Å². The van der Waals surface area contributed by atoms with Gasteiger partial charge in [0.05, 0.1) is 6.10 Å². The lowest BCUT2D eigenvalue weighted by Crippen LogP contribution is -2.39. The van der Waals surface area contributed by atoms with Crippen molar-refractivity contribution < 1.29 is 14.6 Å². The van der Waals surface area contributed by atoms with Crippen LogP contribution >= 0.6 is 11.6 Å². The molecular formula is C13H16ClNO3. The predicted octanol–water partition coefficient (Wildman–Crippen LogP) is 1.70. The first-order valence-corrected chi connectivity index (χ1v) is 6.33. The molecule has 4 nitrogen and oxygen atoms in total. The number of hydrogen-bond acceptors (Lipinski definition) is 3. The lowest BCUT2D eigenvalue weighted by atomic mass is 10.3. The minimum Gasteiger partial charge on any atom is -0.481 e. The smallest absolute Gasteiger partial charge is 0.263 e. The van der Waals surface area contributed by atoms with Gasteiger partial charge in [-0.25, -0.2) is 0 Å². The zero-order valence-corrected chi connectivity index (χ0v) is 10.9. The first-order chi connectivity index (χ1) is 8.56. The minimum atomic E-state index is -0.559. The Balaban J connectivity index is 1.93. The number of aliphatic hydroxyl groups excluding tert-OH is 1. The summed E-state index contributed by atoms with van der Waals surface area (Å²) >= 11 is 5.77. The third kappa shape index (κ3) is 3.15. The first-order valence-electron chi connectivity index (χ1n) is 5.95. The molecule has 1 heterocycles. The van der Waals surface area contributed by atoms with E-state index in [0.29, 0.717) is 30.3 Å². The van der Waals surface area contributed by atoms with Crippen molar-refractivity contribution in [1.82, 2.24) is 4.90 Å². The Morgan fingerprint density at radius 1 is 1.50 bits per heavy atom. The molecule has 98 valence electrons. The molecule has 1 aliphatic rings. The number of hydrogen-bond donors (Lipinski definition) is 1. The van der Waals surface area contributed by atoms with Crippen LogP contribution in [0, 0.1) is 0 Å². The number of amides is 1. The maximum absolute atomic E-state index is 12.0. The highest BCUT2D eigenvalue weighted by atomic mass is 35.5. The van der Waals surface area contributed by atoms with Crippen LogP contribution in [-0.2, 0) is 4.79 Å². The van der Waals surface area contributed by atoms with E-state index in [1.165, 1.54) is 0 Å². The van der Waals surface area contributed by atoms with E-state index < -0.39 is 12.2 Å². The van der Waals surface area contributed by atoms with Gasteiger partial charge in [-0.3, -0.25) is 4.79 Å². The van der Waals surface area contributed by atoms with Gasteiger partial charge in [-0.2, -0.15) is 0 Å². The molecule has 1 aromatic rings. The first kappa shape index (κ1) is 13.2. The minimum absolute atomic E-state index is 0.0958. The molecule has 1 fully saturated rings. The summed E-state index contributed by atoms with van der Waals surface area (Å²) in [7, 11) is 0. The lowest BCUT2D eigenvalue weighted by molar-refractivity contribution is -0.137. The van der Waals surface area contributed by atoms with Gasteiger partial charge in [0.1, 0.15) is 5.75 Å². The molecule has 18 heavy (non-hydrogen) atoms. The number of ether oxygens (including phenoxy) is 1. The van der Waals surface area contributed by atoms with Crippen LogP contribution in [0.15, 0.2) is 24.3 Å². The van der Waals surface area contributed by atoms with Gasteiger partial charge < -0.3 is 14.7 Å². The number of nitrogens with zero attached hydrogens (tertiary/aromatic N) is 1. The zero-order chi connectivity index (χ0) is 13.1. The third-order valence-corrected chi connectivity index (χ3v) is 3.20. The molecule has 0 spiro atoms. The van der Waals surface area contributed by atoms with Crippen molar-refractivity contribution in [3.63, 3.8) is 0 Å². The standard InChI is InChI=1S/C13H16ClNO3/c1-9(13(17)15-7-6-11(16)8-15)18-12-4-2-10(14)3-5-12/h2-5,9,11,16H,6-8H2,1H3/t9?,11-/m1/s1. The molecule has 1 aromatic carbocycles. The van der Waals surface area contributed by atoms with Crippen molar-refractivity contribution in [2.75, 3.05) is 13.1 Å². The molecule has 0 radical (unpaired) electrons. The van der Waals surface area contributed by atoms with Gasteiger partial charge in [-0.1, -0.05) is 11.6 Å². The SMILES string of the molecule is CC(Oc1ccc(Cl)cc1)C(=O)N1CC[C@@H](O)C1. The Bertz CT molecular complexity index is 421. The number of likely N-dealkylation sites (tertiary alicyclic amines) is 1. The zero-order valence-electron chi connectivity index (χ0n) is 10.2. The number of rotatable bonds is 3. The molecule has 0 saturated carbocycles. The van der Waals surface area contributed by atoms with E-state index in [1.807, 2.05) is 0 Å². The fraction of sp³-hybridized carbons (Fsp3) is 0.462. The van der Waals surface area contributed by atoms with Crippen molar-refractivity contribution in [1.29, 1.82) is 0 Å². The highest BCUT2D eigenvalue weighted by molar-refractivity contribution is 6.30. The number of halogens is 1. The molecule has 1 saturated heterocycles. The molecular weight excluding hydrogens is 254 g/mol. The average molecular weight is 270 g/mol. The van der Waals surface area contributed by atoms with Crippen LogP contribution in [0.3, 0.4) is 0 Å². The Labute approximate surface area is 111 Å². The topological polar surface area (TPSA) is 49.8 Å². The number of aliphatic hydroxyl groups is 1. The Kier molecular flexibility index (Phi) is 4.09. The normalized spacial score (nSPS) is 20.8. The van der Waals surface area contributed by atoms with Gasteiger partial charge in [-0.15, -0.1) is 0 Å². The second-order valence-corrected chi connectivity index (χ2v) is 4.88. The predicted molar refractivity (Wildman–Crippen MR) is 68.7 cm³/mol. The highest BCUT2D eigenvalue weighted by Crippen LogP contribution is 2.18. The molecule has 0 bridgehead atoms. The van der Waals surface area contributed by atoms with Gasteiger partial charge in [0.15, 0.2) is 6.10 Å². The van der Waals surface area contributed by atoms with E-state index in [4.69, 9.17) is 16.3 Å². The van der Waals surface area contributed by atoms with E-state index in [1.54, 1.807) is 36.1 Å². The van der Waals surface area contributed by atoms with Crippen LogP contribution in [0.4, 0.5) is 0 Å². The number of carbonyl (C=O) groups excluding carboxylic acids is 1. The van der Waals surface area contributed by atoms with Crippen molar-refractivity contribution in [2.24, 2.45) is 0 Å². The fourth-order valence-electron chi connectivity index (χ4n) is 1.97. The molecule has 1 aliphatic heterocycles. The molecule has 5 heteroatoms. The van der Waals surface area contributed by atoms with Gasteiger partial charge in [0.25, 0.3) is 5.91 Å². The molecule has 0 aromatic heterocycles. The molecule has 1 N–H and O–H groups in total. The summed E-state index contributed by atoms with van der Waals surface area (Å²) in [5.41, 5.74) is 0. The largest absolute Gasteiger partial charge is 0.481 e. The van der Waals surface area contributed by atoms with Crippen molar-refractivity contribution in [2.45, 2.75) is 25.6 Å². The lowest BCUT2D eigenvalue weighted by Gasteiger charge is -2.21. The Morgan fingerprint density at radius 2 is 2.17 bits per heavy atom. The summed E-state index contributed by atoms with van der Waals surface area (Å²) in [5.74, 6) is 0.515. The monoisotopic (exact) mass is 269 g/mol. The van der Waals surface area contributed by atoms with Gasteiger partial charge in [-0.05, 0) is 37.6 Å². The van der Waals surface area contributed by atoms with Crippen molar-refractivity contribution in [3.8, 4) is 5.75 Å². The number of carbonyl (C=O) groups is 1. The number of benzene rings is 1. The Hall–Kier alpha value is -1.26.